The van der Waals surface area contributed by atoms with Gasteiger partial charge in [-0.3, -0.25) is 0 Å². The number of halogens is 1. The molecule has 0 aliphatic carbocycles. The molecule has 0 saturated carbocycles. The maximum atomic E-state index is 5.29. The Kier molecular flexibility index (Phi) is 3.71. The Balaban J connectivity index is 2.18. The van der Waals surface area contributed by atoms with Crippen LogP contribution in [0.3, 0.4) is 0 Å². The Labute approximate surface area is 71.3 Å². The van der Waals surface area contributed by atoms with Crippen LogP contribution in [0, 0.1) is 5.92 Å². The van der Waals surface area contributed by atoms with Crippen LogP contribution in [-0.2, 0) is 4.74 Å². The lowest BCUT2D eigenvalue weighted by atomic mass is 10.0. The molecule has 2 heteroatoms. The van der Waals surface area contributed by atoms with Crippen molar-refractivity contribution in [2.45, 2.75) is 31.0 Å². The third-order valence-corrected chi connectivity index (χ3v) is 3.25. The van der Waals surface area contributed by atoms with Gasteiger partial charge in [-0.15, -0.1) is 0 Å². The molecule has 1 rings (SSSR count). The van der Waals surface area contributed by atoms with Crippen LogP contribution in [0.15, 0.2) is 0 Å². The first-order chi connectivity index (χ1) is 4.84. The van der Waals surface area contributed by atoms with E-state index in [1.165, 1.54) is 19.3 Å². The molecule has 0 aromatic carbocycles. The number of rotatable bonds is 3. The molecular weight excluding hydrogens is 192 g/mol. The first-order valence-corrected chi connectivity index (χ1v) is 4.98. The van der Waals surface area contributed by atoms with Gasteiger partial charge in [-0.2, -0.15) is 0 Å². The molecule has 0 amide bonds. The van der Waals surface area contributed by atoms with Gasteiger partial charge < -0.3 is 4.74 Å². The van der Waals surface area contributed by atoms with Gasteiger partial charge >= 0.3 is 0 Å². The zero-order valence-corrected chi connectivity index (χ0v) is 8.06. The van der Waals surface area contributed by atoms with Gasteiger partial charge in [-0.25, -0.2) is 0 Å². The summed E-state index contributed by atoms with van der Waals surface area (Å²) in [7, 11) is 0. The van der Waals surface area contributed by atoms with Crippen molar-refractivity contribution < 1.29 is 4.74 Å². The van der Waals surface area contributed by atoms with Crippen LogP contribution in [0.4, 0.5) is 0 Å². The van der Waals surface area contributed by atoms with Crippen molar-refractivity contribution in [1.82, 2.24) is 0 Å². The zero-order valence-electron chi connectivity index (χ0n) is 6.48. The summed E-state index contributed by atoms with van der Waals surface area (Å²) in [5, 5.41) is 0. The van der Waals surface area contributed by atoms with Crippen LogP contribution in [0.25, 0.3) is 0 Å². The van der Waals surface area contributed by atoms with E-state index in [1.807, 2.05) is 0 Å². The molecule has 1 aliphatic rings. The molecule has 1 heterocycles. The van der Waals surface area contributed by atoms with Gasteiger partial charge in [0.15, 0.2) is 0 Å². The molecule has 0 aromatic rings. The summed E-state index contributed by atoms with van der Waals surface area (Å²) >= 11 is 3.68. The van der Waals surface area contributed by atoms with Crippen LogP contribution in [-0.4, -0.2) is 18.0 Å². The summed E-state index contributed by atoms with van der Waals surface area (Å²) in [4.78, 5) is 0.694. The molecule has 1 nitrogen and oxygen atoms in total. The molecule has 10 heavy (non-hydrogen) atoms. The molecule has 2 unspecified atom stereocenters. The summed E-state index contributed by atoms with van der Waals surface area (Å²) in [5.41, 5.74) is 0. The largest absolute Gasteiger partial charge is 0.381 e. The molecule has 60 valence electrons. The second-order valence-electron chi connectivity index (χ2n) is 2.93. The minimum atomic E-state index is 0.694. The normalized spacial score (nSPS) is 28.8. The van der Waals surface area contributed by atoms with Crippen molar-refractivity contribution in [2.24, 2.45) is 5.92 Å². The molecule has 1 aliphatic heterocycles. The summed E-state index contributed by atoms with van der Waals surface area (Å²) in [5.74, 6) is 0.778. The van der Waals surface area contributed by atoms with Gasteiger partial charge in [0.1, 0.15) is 0 Å². The van der Waals surface area contributed by atoms with E-state index >= 15 is 0 Å². The van der Waals surface area contributed by atoms with E-state index in [9.17, 15) is 0 Å². The number of hydrogen-bond donors (Lipinski definition) is 0. The van der Waals surface area contributed by atoms with Crippen molar-refractivity contribution in [3.05, 3.63) is 0 Å². The minimum Gasteiger partial charge on any atom is -0.381 e. The van der Waals surface area contributed by atoms with Crippen molar-refractivity contribution in [3.63, 3.8) is 0 Å². The number of ether oxygens (including phenoxy) is 1. The molecule has 0 aromatic heterocycles. The highest BCUT2D eigenvalue weighted by atomic mass is 79.9. The average molecular weight is 207 g/mol. The minimum absolute atomic E-state index is 0.694. The van der Waals surface area contributed by atoms with Gasteiger partial charge in [0.05, 0.1) is 6.61 Å². The molecule has 0 spiro atoms. The van der Waals surface area contributed by atoms with Gasteiger partial charge in [0.2, 0.25) is 0 Å². The second-order valence-corrected chi connectivity index (χ2v) is 4.10. The van der Waals surface area contributed by atoms with Gasteiger partial charge in [0.25, 0.3) is 0 Å². The molecule has 0 bridgehead atoms. The van der Waals surface area contributed by atoms with Crippen LogP contribution in [0.1, 0.15) is 26.2 Å². The summed E-state index contributed by atoms with van der Waals surface area (Å²) in [6.07, 6.45) is 3.80. The van der Waals surface area contributed by atoms with E-state index in [0.717, 1.165) is 19.1 Å². The monoisotopic (exact) mass is 206 g/mol. The fourth-order valence-electron chi connectivity index (χ4n) is 1.35. The molecule has 2 atom stereocenters. The van der Waals surface area contributed by atoms with Crippen molar-refractivity contribution >= 4 is 15.9 Å². The molecule has 1 saturated heterocycles. The molecule has 1 fully saturated rings. The molecular formula is C8H15BrO. The predicted octanol–water partition coefficient (Wildman–Crippen LogP) is 2.59. The maximum Gasteiger partial charge on any atom is 0.0505 e. The van der Waals surface area contributed by atoms with Gasteiger partial charge in [-0.1, -0.05) is 29.3 Å². The first-order valence-electron chi connectivity index (χ1n) is 4.06. The molecule has 0 N–H and O–H groups in total. The fourth-order valence-corrected chi connectivity index (χ4v) is 2.22. The Morgan fingerprint density at radius 3 is 3.00 bits per heavy atom. The van der Waals surface area contributed by atoms with Gasteiger partial charge in [-0.05, 0) is 18.8 Å². The Bertz CT molecular complexity index is 89.3. The number of hydrogen-bond acceptors (Lipinski definition) is 1. The van der Waals surface area contributed by atoms with Crippen molar-refractivity contribution in [3.8, 4) is 0 Å². The highest BCUT2D eigenvalue weighted by Gasteiger charge is 2.22. The summed E-state index contributed by atoms with van der Waals surface area (Å²) in [6.45, 7) is 4.16. The Morgan fingerprint density at radius 2 is 2.50 bits per heavy atom. The smallest absolute Gasteiger partial charge is 0.0505 e. The quantitative estimate of drug-likeness (QED) is 0.646. The van der Waals surface area contributed by atoms with Crippen LogP contribution < -0.4 is 0 Å². The fraction of sp³-hybridized carbons (Fsp3) is 1.00. The highest BCUT2D eigenvalue weighted by molar-refractivity contribution is 9.09. The Hall–Kier alpha value is 0.440. The highest BCUT2D eigenvalue weighted by Crippen LogP contribution is 2.25. The van der Waals surface area contributed by atoms with E-state index < -0.39 is 0 Å². The topological polar surface area (TPSA) is 9.23 Å². The second kappa shape index (κ2) is 4.35. The van der Waals surface area contributed by atoms with Crippen molar-refractivity contribution in [1.29, 1.82) is 0 Å². The Morgan fingerprint density at radius 1 is 1.70 bits per heavy atom. The first kappa shape index (κ1) is 8.54. The van der Waals surface area contributed by atoms with E-state index in [0.29, 0.717) is 4.83 Å². The third-order valence-electron chi connectivity index (χ3n) is 2.04. The summed E-state index contributed by atoms with van der Waals surface area (Å²) < 4.78 is 5.29. The summed E-state index contributed by atoms with van der Waals surface area (Å²) in [6, 6.07) is 0. The van der Waals surface area contributed by atoms with Crippen molar-refractivity contribution in [2.75, 3.05) is 13.2 Å². The lowest BCUT2D eigenvalue weighted by Gasteiger charge is -2.13. The SMILES string of the molecule is CCCC(Br)C1CCOC1. The third kappa shape index (κ3) is 2.24. The zero-order chi connectivity index (χ0) is 7.40. The number of alkyl halides is 1. The predicted molar refractivity (Wildman–Crippen MR) is 46.5 cm³/mol. The lowest BCUT2D eigenvalue weighted by molar-refractivity contribution is 0.185. The van der Waals surface area contributed by atoms with Crippen LogP contribution in [0.5, 0.6) is 0 Å². The maximum absolute atomic E-state index is 5.29. The van der Waals surface area contributed by atoms with Crippen LogP contribution >= 0.6 is 15.9 Å². The average Bonchev–Trinajstić information content (AvgIpc) is 2.38. The van der Waals surface area contributed by atoms with E-state index in [-0.39, 0.29) is 0 Å². The van der Waals surface area contributed by atoms with E-state index in [2.05, 4.69) is 22.9 Å². The van der Waals surface area contributed by atoms with Gasteiger partial charge in [0, 0.05) is 11.4 Å². The standard InChI is InChI=1S/C8H15BrO/c1-2-3-8(9)7-4-5-10-6-7/h7-8H,2-6H2,1H3. The van der Waals surface area contributed by atoms with Crippen LogP contribution in [0.2, 0.25) is 0 Å². The lowest BCUT2D eigenvalue weighted by Crippen LogP contribution is -2.13. The van der Waals surface area contributed by atoms with E-state index in [4.69, 9.17) is 4.74 Å². The van der Waals surface area contributed by atoms with E-state index in [1.54, 1.807) is 0 Å². The molecule has 0 radical (unpaired) electrons.